The van der Waals surface area contributed by atoms with Crippen LogP contribution in [0.4, 0.5) is 14.6 Å². The molecule has 104 valence electrons. The summed E-state index contributed by atoms with van der Waals surface area (Å²) in [4.78, 5) is 5.99. The highest BCUT2D eigenvalue weighted by molar-refractivity contribution is 5.42. The van der Waals surface area contributed by atoms with E-state index in [1.54, 1.807) is 0 Å². The van der Waals surface area contributed by atoms with Crippen molar-refractivity contribution >= 4 is 5.82 Å². The summed E-state index contributed by atoms with van der Waals surface area (Å²) >= 11 is 0. The molecule has 2 aliphatic rings. The summed E-state index contributed by atoms with van der Waals surface area (Å²) in [6.07, 6.45) is 5.60. The van der Waals surface area contributed by atoms with Crippen LogP contribution in [0.5, 0.6) is 0 Å². The van der Waals surface area contributed by atoms with Crippen LogP contribution >= 0.6 is 0 Å². The molecule has 1 aliphatic heterocycles. The molecule has 2 heterocycles. The molecule has 1 aromatic heterocycles. The highest BCUT2D eigenvalue weighted by Crippen LogP contribution is 2.33. The monoisotopic (exact) mass is 267 g/mol. The van der Waals surface area contributed by atoms with Crippen LogP contribution in [0.1, 0.15) is 25.7 Å². The third-order valence-electron chi connectivity index (χ3n) is 3.90. The van der Waals surface area contributed by atoms with E-state index in [0.29, 0.717) is 17.8 Å². The lowest BCUT2D eigenvalue weighted by atomic mass is 9.99. The summed E-state index contributed by atoms with van der Waals surface area (Å²) < 4.78 is 26.8. The zero-order valence-electron chi connectivity index (χ0n) is 10.9. The highest BCUT2D eigenvalue weighted by atomic mass is 19.1. The fourth-order valence-electron chi connectivity index (χ4n) is 2.77. The fraction of sp³-hybridized carbons (Fsp3) is 0.643. The van der Waals surface area contributed by atoms with E-state index in [2.05, 4.69) is 10.3 Å². The second-order valence-corrected chi connectivity index (χ2v) is 5.55. The smallest absolute Gasteiger partial charge is 0.168 e. The Balaban J connectivity index is 1.76. The molecule has 1 unspecified atom stereocenters. The van der Waals surface area contributed by atoms with E-state index in [0.717, 1.165) is 44.7 Å². The average molecular weight is 267 g/mol. The maximum Gasteiger partial charge on any atom is 0.168 e. The summed E-state index contributed by atoms with van der Waals surface area (Å²) in [5.41, 5.74) is 0. The highest BCUT2D eigenvalue weighted by Gasteiger charge is 2.33. The van der Waals surface area contributed by atoms with E-state index >= 15 is 0 Å². The fourth-order valence-corrected chi connectivity index (χ4v) is 2.77. The normalized spacial score (nSPS) is 23.4. The Hall–Kier alpha value is -1.23. The summed E-state index contributed by atoms with van der Waals surface area (Å²) in [5.74, 6) is -0.318. The van der Waals surface area contributed by atoms with Gasteiger partial charge in [0, 0.05) is 18.7 Å². The van der Waals surface area contributed by atoms with Crippen molar-refractivity contribution < 1.29 is 8.78 Å². The zero-order chi connectivity index (χ0) is 13.2. The molecule has 1 atom stereocenters. The Morgan fingerprint density at radius 1 is 1.32 bits per heavy atom. The van der Waals surface area contributed by atoms with Crippen molar-refractivity contribution in [3.05, 3.63) is 23.9 Å². The summed E-state index contributed by atoms with van der Waals surface area (Å²) in [6, 6.07) is 1.31. The molecular formula is C14H19F2N3. The molecule has 1 aromatic rings. The number of rotatable bonds is 4. The number of hydrogen-bond donors (Lipinski definition) is 1. The van der Waals surface area contributed by atoms with E-state index in [1.165, 1.54) is 12.8 Å². The van der Waals surface area contributed by atoms with Gasteiger partial charge in [-0.1, -0.05) is 0 Å². The number of aromatic nitrogens is 1. The molecule has 1 aliphatic carbocycles. The predicted octanol–water partition coefficient (Wildman–Crippen LogP) is 2.33. The number of pyridine rings is 1. The van der Waals surface area contributed by atoms with E-state index < -0.39 is 11.6 Å². The van der Waals surface area contributed by atoms with E-state index in [1.807, 2.05) is 4.90 Å². The van der Waals surface area contributed by atoms with Crippen LogP contribution in [-0.4, -0.2) is 30.7 Å². The number of nitrogens with one attached hydrogen (secondary N) is 1. The van der Waals surface area contributed by atoms with Crippen LogP contribution in [0.15, 0.2) is 12.3 Å². The molecule has 0 aromatic carbocycles. The van der Waals surface area contributed by atoms with Crippen molar-refractivity contribution in [3.63, 3.8) is 0 Å². The van der Waals surface area contributed by atoms with Crippen LogP contribution in [0.3, 0.4) is 0 Å². The lowest BCUT2D eigenvalue weighted by Gasteiger charge is -2.31. The van der Waals surface area contributed by atoms with Crippen LogP contribution in [0.2, 0.25) is 0 Å². The molecule has 0 spiro atoms. The van der Waals surface area contributed by atoms with Gasteiger partial charge < -0.3 is 10.2 Å². The van der Waals surface area contributed by atoms with Gasteiger partial charge in [-0.3, -0.25) is 0 Å². The van der Waals surface area contributed by atoms with Gasteiger partial charge in [-0.2, -0.15) is 0 Å². The molecule has 0 amide bonds. The Labute approximate surface area is 112 Å². The first kappa shape index (κ1) is 12.8. The molecule has 0 bridgehead atoms. The molecular weight excluding hydrogens is 248 g/mol. The largest absolute Gasteiger partial charge is 0.351 e. The molecule has 1 saturated heterocycles. The quantitative estimate of drug-likeness (QED) is 0.907. The van der Waals surface area contributed by atoms with Crippen molar-refractivity contribution in [2.45, 2.75) is 31.7 Å². The zero-order valence-corrected chi connectivity index (χ0v) is 10.9. The number of halogens is 2. The maximum absolute atomic E-state index is 13.9. The standard InChI is InChI=1S/C14H19F2N3/c15-11-6-13(16)14(18-8-11)19(12-3-4-12)9-10-2-1-5-17-7-10/h6,8,10,12,17H,1-5,7,9H2. The lowest BCUT2D eigenvalue weighted by Crippen LogP contribution is -2.40. The molecule has 1 saturated carbocycles. The predicted molar refractivity (Wildman–Crippen MR) is 70.1 cm³/mol. The van der Waals surface area contributed by atoms with Gasteiger partial charge in [0.2, 0.25) is 0 Å². The number of hydrogen-bond acceptors (Lipinski definition) is 3. The van der Waals surface area contributed by atoms with Gasteiger partial charge in [0.15, 0.2) is 11.6 Å². The summed E-state index contributed by atoms with van der Waals surface area (Å²) in [6.45, 7) is 2.86. The molecule has 2 fully saturated rings. The molecule has 3 nitrogen and oxygen atoms in total. The molecule has 5 heteroatoms. The van der Waals surface area contributed by atoms with Crippen molar-refractivity contribution in [1.82, 2.24) is 10.3 Å². The number of anilines is 1. The summed E-state index contributed by atoms with van der Waals surface area (Å²) in [5, 5.41) is 3.37. The molecule has 19 heavy (non-hydrogen) atoms. The first-order valence-corrected chi connectivity index (χ1v) is 7.02. The first-order chi connectivity index (χ1) is 9.24. The van der Waals surface area contributed by atoms with Gasteiger partial charge >= 0.3 is 0 Å². The Bertz CT molecular complexity index is 442. The van der Waals surface area contributed by atoms with Crippen LogP contribution in [0.25, 0.3) is 0 Å². The second-order valence-electron chi connectivity index (χ2n) is 5.55. The van der Waals surface area contributed by atoms with Crippen LogP contribution in [-0.2, 0) is 0 Å². The molecule has 1 N–H and O–H groups in total. The third kappa shape index (κ3) is 3.03. The van der Waals surface area contributed by atoms with Gasteiger partial charge in [-0.05, 0) is 44.7 Å². The van der Waals surface area contributed by atoms with Crippen LogP contribution < -0.4 is 10.2 Å². The van der Waals surface area contributed by atoms with E-state index in [9.17, 15) is 8.78 Å². The SMILES string of the molecule is Fc1cnc(N(CC2CCCNC2)C2CC2)c(F)c1. The van der Waals surface area contributed by atoms with Crippen molar-refractivity contribution in [2.24, 2.45) is 5.92 Å². The topological polar surface area (TPSA) is 28.2 Å². The molecule has 0 radical (unpaired) electrons. The Morgan fingerprint density at radius 2 is 2.16 bits per heavy atom. The molecule has 3 rings (SSSR count). The maximum atomic E-state index is 13.9. The third-order valence-corrected chi connectivity index (χ3v) is 3.90. The average Bonchev–Trinajstić information content (AvgIpc) is 3.22. The first-order valence-electron chi connectivity index (χ1n) is 7.02. The van der Waals surface area contributed by atoms with Crippen molar-refractivity contribution in [1.29, 1.82) is 0 Å². The van der Waals surface area contributed by atoms with Crippen molar-refractivity contribution in [2.75, 3.05) is 24.5 Å². The van der Waals surface area contributed by atoms with Gasteiger partial charge in [0.25, 0.3) is 0 Å². The Morgan fingerprint density at radius 3 is 2.79 bits per heavy atom. The second kappa shape index (κ2) is 5.41. The number of piperidine rings is 1. The lowest BCUT2D eigenvalue weighted by molar-refractivity contribution is 0.374. The number of nitrogens with zero attached hydrogens (tertiary/aromatic N) is 2. The minimum atomic E-state index is -0.615. The van der Waals surface area contributed by atoms with Crippen LogP contribution in [0, 0.1) is 17.6 Å². The van der Waals surface area contributed by atoms with Crippen molar-refractivity contribution in [3.8, 4) is 0 Å². The van der Waals surface area contributed by atoms with Gasteiger partial charge in [0.1, 0.15) is 5.82 Å². The van der Waals surface area contributed by atoms with E-state index in [4.69, 9.17) is 0 Å². The minimum absolute atomic E-state index is 0.314. The van der Waals surface area contributed by atoms with Gasteiger partial charge in [-0.25, -0.2) is 13.8 Å². The Kier molecular flexibility index (Phi) is 3.64. The van der Waals surface area contributed by atoms with Gasteiger partial charge in [-0.15, -0.1) is 0 Å². The van der Waals surface area contributed by atoms with Gasteiger partial charge in [0.05, 0.1) is 6.20 Å². The summed E-state index contributed by atoms with van der Waals surface area (Å²) in [7, 11) is 0. The van der Waals surface area contributed by atoms with E-state index in [-0.39, 0.29) is 0 Å². The minimum Gasteiger partial charge on any atom is -0.351 e.